The number of halogens is 2. The summed E-state index contributed by atoms with van der Waals surface area (Å²) in [5.41, 5.74) is -0.253. The van der Waals surface area contributed by atoms with Crippen LogP contribution in [0.1, 0.15) is 10.7 Å². The maximum absolute atomic E-state index is 13.7. The molecule has 0 bridgehead atoms. The molecular weight excluding hydrogens is 262 g/mol. The molecule has 19 heavy (non-hydrogen) atoms. The van der Waals surface area contributed by atoms with Crippen LogP contribution in [-0.4, -0.2) is 30.3 Å². The SMILES string of the molecule is COC(=O)c1nc(-c2cc(F)c(OC)cc2F)no1. The molecule has 100 valence electrons. The van der Waals surface area contributed by atoms with E-state index in [2.05, 4.69) is 24.1 Å². The van der Waals surface area contributed by atoms with Gasteiger partial charge in [0.15, 0.2) is 11.6 Å². The molecule has 1 heterocycles. The molecule has 0 radical (unpaired) electrons. The molecule has 0 spiro atoms. The molecule has 1 aromatic carbocycles. The quantitative estimate of drug-likeness (QED) is 0.792. The number of benzene rings is 1. The van der Waals surface area contributed by atoms with Crippen molar-refractivity contribution in [2.75, 3.05) is 14.2 Å². The van der Waals surface area contributed by atoms with E-state index in [9.17, 15) is 13.6 Å². The third kappa shape index (κ3) is 2.37. The first-order chi connectivity index (χ1) is 9.06. The molecule has 0 amide bonds. The van der Waals surface area contributed by atoms with E-state index in [1.165, 1.54) is 7.11 Å². The zero-order chi connectivity index (χ0) is 14.0. The molecule has 1 aromatic heterocycles. The van der Waals surface area contributed by atoms with E-state index in [1.54, 1.807) is 0 Å². The summed E-state index contributed by atoms with van der Waals surface area (Å²) >= 11 is 0. The number of esters is 1. The Morgan fingerprint density at radius 1 is 1.26 bits per heavy atom. The zero-order valence-electron chi connectivity index (χ0n) is 9.94. The summed E-state index contributed by atoms with van der Waals surface area (Å²) in [7, 11) is 2.33. The van der Waals surface area contributed by atoms with Crippen LogP contribution in [0.15, 0.2) is 16.7 Å². The Labute approximate surface area is 105 Å². The number of carbonyl (C=O) groups is 1. The van der Waals surface area contributed by atoms with E-state index >= 15 is 0 Å². The second-order valence-electron chi connectivity index (χ2n) is 3.38. The summed E-state index contributed by atoms with van der Waals surface area (Å²) in [5.74, 6) is -3.43. The van der Waals surface area contributed by atoms with Crippen molar-refractivity contribution < 1.29 is 27.6 Å². The number of hydrogen-bond donors (Lipinski definition) is 0. The van der Waals surface area contributed by atoms with Crippen molar-refractivity contribution in [3.05, 3.63) is 29.7 Å². The highest BCUT2D eigenvalue weighted by molar-refractivity contribution is 5.84. The number of carbonyl (C=O) groups excluding carboxylic acids is 1. The maximum atomic E-state index is 13.7. The van der Waals surface area contributed by atoms with E-state index in [1.807, 2.05) is 0 Å². The Morgan fingerprint density at radius 2 is 2.00 bits per heavy atom. The van der Waals surface area contributed by atoms with E-state index in [0.29, 0.717) is 0 Å². The highest BCUT2D eigenvalue weighted by atomic mass is 19.1. The molecule has 8 heteroatoms. The third-order valence-electron chi connectivity index (χ3n) is 2.27. The summed E-state index contributed by atoms with van der Waals surface area (Å²) in [6.45, 7) is 0. The van der Waals surface area contributed by atoms with Crippen LogP contribution in [0.5, 0.6) is 5.75 Å². The van der Waals surface area contributed by atoms with Gasteiger partial charge >= 0.3 is 11.9 Å². The molecule has 2 rings (SSSR count). The van der Waals surface area contributed by atoms with Crippen LogP contribution in [0.4, 0.5) is 8.78 Å². The van der Waals surface area contributed by atoms with Gasteiger partial charge in [0.25, 0.3) is 0 Å². The van der Waals surface area contributed by atoms with Gasteiger partial charge in [0.1, 0.15) is 5.82 Å². The minimum absolute atomic E-state index is 0.252. The second kappa shape index (κ2) is 5.01. The van der Waals surface area contributed by atoms with Crippen molar-refractivity contribution in [3.8, 4) is 17.1 Å². The van der Waals surface area contributed by atoms with Gasteiger partial charge < -0.3 is 14.0 Å². The van der Waals surface area contributed by atoms with Crippen LogP contribution >= 0.6 is 0 Å². The fraction of sp³-hybridized carbons (Fsp3) is 0.182. The lowest BCUT2D eigenvalue weighted by molar-refractivity contribution is 0.0545. The fourth-order valence-electron chi connectivity index (χ4n) is 1.36. The predicted octanol–water partition coefficient (Wildman–Crippen LogP) is 1.81. The summed E-state index contributed by atoms with van der Waals surface area (Å²) in [6.07, 6.45) is 0. The van der Waals surface area contributed by atoms with Gasteiger partial charge in [-0.05, 0) is 6.07 Å². The van der Waals surface area contributed by atoms with Gasteiger partial charge in [-0.2, -0.15) is 4.98 Å². The van der Waals surface area contributed by atoms with Crippen LogP contribution in [0.3, 0.4) is 0 Å². The topological polar surface area (TPSA) is 74.5 Å². The maximum Gasteiger partial charge on any atom is 0.397 e. The molecule has 0 aliphatic carbocycles. The van der Waals surface area contributed by atoms with Gasteiger partial charge in [-0.25, -0.2) is 13.6 Å². The third-order valence-corrected chi connectivity index (χ3v) is 2.27. The number of nitrogens with zero attached hydrogens (tertiary/aromatic N) is 2. The van der Waals surface area contributed by atoms with Crippen LogP contribution in [-0.2, 0) is 4.74 Å². The Kier molecular flexibility index (Phi) is 3.41. The van der Waals surface area contributed by atoms with Crippen molar-refractivity contribution in [3.63, 3.8) is 0 Å². The molecule has 0 aliphatic rings. The summed E-state index contributed by atoms with van der Waals surface area (Å²) in [6, 6.07) is 1.69. The van der Waals surface area contributed by atoms with Gasteiger partial charge in [-0.1, -0.05) is 5.16 Å². The smallest absolute Gasteiger partial charge is 0.397 e. The van der Waals surface area contributed by atoms with Crippen LogP contribution in [0, 0.1) is 11.6 Å². The molecule has 0 atom stereocenters. The lowest BCUT2D eigenvalue weighted by Crippen LogP contribution is -2.01. The van der Waals surface area contributed by atoms with E-state index in [4.69, 9.17) is 0 Å². The largest absolute Gasteiger partial charge is 0.494 e. The highest BCUT2D eigenvalue weighted by Gasteiger charge is 2.20. The Bertz CT molecular complexity index is 627. The van der Waals surface area contributed by atoms with Gasteiger partial charge in [0.2, 0.25) is 5.82 Å². The molecular formula is C11H8F2N2O4. The second-order valence-corrected chi connectivity index (χ2v) is 3.38. The minimum Gasteiger partial charge on any atom is -0.494 e. The first-order valence-corrected chi connectivity index (χ1v) is 5.02. The Morgan fingerprint density at radius 3 is 2.63 bits per heavy atom. The average molecular weight is 270 g/mol. The van der Waals surface area contributed by atoms with Crippen molar-refractivity contribution >= 4 is 5.97 Å². The van der Waals surface area contributed by atoms with Gasteiger partial charge in [0.05, 0.1) is 19.8 Å². The number of rotatable bonds is 3. The lowest BCUT2D eigenvalue weighted by Gasteiger charge is -2.03. The molecule has 0 aliphatic heterocycles. The van der Waals surface area contributed by atoms with E-state index in [0.717, 1.165) is 19.2 Å². The van der Waals surface area contributed by atoms with Gasteiger partial charge in [0, 0.05) is 6.07 Å². The van der Waals surface area contributed by atoms with Crippen molar-refractivity contribution in [2.24, 2.45) is 0 Å². The van der Waals surface area contributed by atoms with Crippen LogP contribution in [0.25, 0.3) is 11.4 Å². The lowest BCUT2D eigenvalue weighted by atomic mass is 10.2. The molecule has 0 unspecified atom stereocenters. The first-order valence-electron chi connectivity index (χ1n) is 5.02. The molecule has 6 nitrogen and oxygen atoms in total. The minimum atomic E-state index is -0.867. The molecule has 0 saturated heterocycles. The van der Waals surface area contributed by atoms with Gasteiger partial charge in [-0.15, -0.1) is 0 Å². The highest BCUT2D eigenvalue weighted by Crippen LogP contribution is 2.27. The number of aromatic nitrogens is 2. The Hall–Kier alpha value is -2.51. The van der Waals surface area contributed by atoms with Crippen molar-refractivity contribution in [2.45, 2.75) is 0 Å². The monoisotopic (exact) mass is 270 g/mol. The van der Waals surface area contributed by atoms with Crippen molar-refractivity contribution in [1.29, 1.82) is 0 Å². The molecule has 0 fully saturated rings. The normalized spacial score (nSPS) is 10.3. The molecule has 0 saturated carbocycles. The summed E-state index contributed by atoms with van der Waals surface area (Å²) in [4.78, 5) is 14.7. The summed E-state index contributed by atoms with van der Waals surface area (Å²) < 4.78 is 40.7. The number of ether oxygens (including phenoxy) is 2. The summed E-state index contributed by atoms with van der Waals surface area (Å²) in [5, 5.41) is 3.38. The van der Waals surface area contributed by atoms with Gasteiger partial charge in [-0.3, -0.25) is 0 Å². The standard InChI is InChI=1S/C11H8F2N2O4/c1-17-8-4-6(12)5(3-7(8)13)9-14-10(19-15-9)11(16)18-2/h3-4H,1-2H3. The van der Waals surface area contributed by atoms with Crippen LogP contribution in [0.2, 0.25) is 0 Å². The Balaban J connectivity index is 2.44. The predicted molar refractivity (Wildman–Crippen MR) is 57.5 cm³/mol. The average Bonchev–Trinajstić information content (AvgIpc) is 2.89. The molecule has 0 N–H and O–H groups in total. The number of methoxy groups -OCH3 is 2. The van der Waals surface area contributed by atoms with Crippen LogP contribution < -0.4 is 4.74 Å². The molecule has 2 aromatic rings. The zero-order valence-corrected chi connectivity index (χ0v) is 9.94. The fourth-order valence-corrected chi connectivity index (χ4v) is 1.36. The van der Waals surface area contributed by atoms with E-state index in [-0.39, 0.29) is 17.1 Å². The first kappa shape index (κ1) is 12.9. The van der Waals surface area contributed by atoms with E-state index < -0.39 is 23.5 Å². The number of hydrogen-bond acceptors (Lipinski definition) is 6. The van der Waals surface area contributed by atoms with Crippen molar-refractivity contribution in [1.82, 2.24) is 10.1 Å².